The van der Waals surface area contributed by atoms with E-state index in [4.69, 9.17) is 5.11 Å². The molecule has 3 saturated carbocycles. The van der Waals surface area contributed by atoms with Gasteiger partial charge >= 0.3 is 5.97 Å². The highest BCUT2D eigenvalue weighted by molar-refractivity contribution is 5.69. The Hall–Kier alpha value is -0.570. The molecule has 0 aromatic carbocycles. The first kappa shape index (κ1) is 11.5. The van der Waals surface area contributed by atoms with Gasteiger partial charge in [-0.3, -0.25) is 9.69 Å². The van der Waals surface area contributed by atoms with Crippen LogP contribution in [0, 0.1) is 11.8 Å². The number of hydrogen-bond donors (Lipinski definition) is 1. The zero-order valence-electron chi connectivity index (χ0n) is 10.5. The standard InChI is InChI=1S/C14H23NO2/c16-14(17)9-15(12-6-7-12)13-3-1-2-11(8-13)10-4-5-10/h10-13H,1-9H2,(H,16,17). The molecule has 3 heteroatoms. The van der Waals surface area contributed by atoms with E-state index in [2.05, 4.69) is 4.90 Å². The molecular formula is C14H23NO2. The molecule has 0 saturated heterocycles. The van der Waals surface area contributed by atoms with Crippen LogP contribution in [0.3, 0.4) is 0 Å². The van der Waals surface area contributed by atoms with Crippen molar-refractivity contribution in [1.82, 2.24) is 4.90 Å². The maximum atomic E-state index is 11.0. The monoisotopic (exact) mass is 237 g/mol. The summed E-state index contributed by atoms with van der Waals surface area (Å²) in [6, 6.07) is 1.16. The summed E-state index contributed by atoms with van der Waals surface area (Å²) in [5, 5.41) is 9.04. The van der Waals surface area contributed by atoms with Crippen molar-refractivity contribution in [2.75, 3.05) is 6.54 Å². The summed E-state index contributed by atoms with van der Waals surface area (Å²) >= 11 is 0. The molecule has 0 radical (unpaired) electrons. The quantitative estimate of drug-likeness (QED) is 0.798. The zero-order valence-corrected chi connectivity index (χ0v) is 10.5. The van der Waals surface area contributed by atoms with Crippen LogP contribution >= 0.6 is 0 Å². The van der Waals surface area contributed by atoms with E-state index in [0.717, 1.165) is 11.8 Å². The van der Waals surface area contributed by atoms with Crippen LogP contribution in [0.4, 0.5) is 0 Å². The maximum absolute atomic E-state index is 11.0. The number of nitrogens with zero attached hydrogens (tertiary/aromatic N) is 1. The van der Waals surface area contributed by atoms with Crippen molar-refractivity contribution in [2.24, 2.45) is 11.8 Å². The number of carboxylic acid groups (broad SMARTS) is 1. The number of hydrogen-bond acceptors (Lipinski definition) is 2. The molecule has 96 valence electrons. The summed E-state index contributed by atoms with van der Waals surface area (Å²) in [5.74, 6) is 1.25. The molecule has 0 aromatic heterocycles. The first-order valence-electron chi connectivity index (χ1n) is 7.21. The van der Waals surface area contributed by atoms with Gasteiger partial charge in [-0.2, -0.15) is 0 Å². The van der Waals surface area contributed by atoms with Crippen LogP contribution in [0.15, 0.2) is 0 Å². The maximum Gasteiger partial charge on any atom is 0.317 e. The molecule has 3 rings (SSSR count). The molecule has 0 amide bonds. The summed E-state index contributed by atoms with van der Waals surface area (Å²) < 4.78 is 0. The Bertz CT molecular complexity index is 297. The molecule has 3 aliphatic carbocycles. The second-order valence-electron chi connectivity index (χ2n) is 6.22. The van der Waals surface area contributed by atoms with E-state index < -0.39 is 5.97 Å². The lowest BCUT2D eigenvalue weighted by Gasteiger charge is -2.37. The van der Waals surface area contributed by atoms with Gasteiger partial charge in [-0.25, -0.2) is 0 Å². The van der Waals surface area contributed by atoms with Crippen molar-refractivity contribution in [3.05, 3.63) is 0 Å². The third-order valence-corrected chi connectivity index (χ3v) is 4.78. The lowest BCUT2D eigenvalue weighted by Crippen LogP contribution is -2.43. The number of rotatable bonds is 5. The van der Waals surface area contributed by atoms with Crippen molar-refractivity contribution in [1.29, 1.82) is 0 Å². The van der Waals surface area contributed by atoms with E-state index in [0.29, 0.717) is 12.1 Å². The molecule has 0 aliphatic heterocycles. The molecule has 17 heavy (non-hydrogen) atoms. The molecule has 0 bridgehead atoms. The number of carbonyl (C=O) groups is 1. The molecular weight excluding hydrogens is 214 g/mol. The number of aliphatic carboxylic acids is 1. The summed E-state index contributed by atoms with van der Waals surface area (Å²) in [4.78, 5) is 13.3. The van der Waals surface area contributed by atoms with Crippen LogP contribution in [0.1, 0.15) is 51.4 Å². The molecule has 1 N–H and O–H groups in total. The van der Waals surface area contributed by atoms with Crippen LogP contribution in [-0.4, -0.2) is 34.6 Å². The van der Waals surface area contributed by atoms with E-state index in [1.807, 2.05) is 0 Å². The van der Waals surface area contributed by atoms with E-state index in [1.54, 1.807) is 0 Å². The van der Waals surface area contributed by atoms with Gasteiger partial charge in [-0.05, 0) is 50.4 Å². The van der Waals surface area contributed by atoms with Gasteiger partial charge < -0.3 is 5.11 Å². The van der Waals surface area contributed by atoms with Crippen LogP contribution in [0.5, 0.6) is 0 Å². The van der Waals surface area contributed by atoms with Crippen molar-refractivity contribution in [3.8, 4) is 0 Å². The molecule has 0 heterocycles. The molecule has 2 unspecified atom stereocenters. The van der Waals surface area contributed by atoms with Crippen molar-refractivity contribution < 1.29 is 9.90 Å². The SMILES string of the molecule is O=C(O)CN(C1CC1)C1CCCC(C2CC2)C1. The Morgan fingerprint density at radius 2 is 1.76 bits per heavy atom. The first-order chi connectivity index (χ1) is 8.24. The highest BCUT2D eigenvalue weighted by atomic mass is 16.4. The third kappa shape index (κ3) is 2.82. The minimum absolute atomic E-state index is 0.271. The fourth-order valence-corrected chi connectivity index (χ4v) is 3.62. The normalized spacial score (nSPS) is 33.9. The summed E-state index contributed by atoms with van der Waals surface area (Å²) in [6.07, 6.45) is 10.5. The summed E-state index contributed by atoms with van der Waals surface area (Å²) in [5.41, 5.74) is 0. The Morgan fingerprint density at radius 3 is 2.35 bits per heavy atom. The Morgan fingerprint density at radius 1 is 1.00 bits per heavy atom. The van der Waals surface area contributed by atoms with Crippen LogP contribution in [0.2, 0.25) is 0 Å². The average molecular weight is 237 g/mol. The minimum Gasteiger partial charge on any atom is -0.480 e. The van der Waals surface area contributed by atoms with Gasteiger partial charge in [0.2, 0.25) is 0 Å². The molecule has 3 nitrogen and oxygen atoms in total. The largest absolute Gasteiger partial charge is 0.480 e. The minimum atomic E-state index is -0.648. The highest BCUT2D eigenvalue weighted by Gasteiger charge is 2.40. The molecule has 3 aliphatic rings. The van der Waals surface area contributed by atoms with Gasteiger partial charge in [0.05, 0.1) is 6.54 Å². The van der Waals surface area contributed by atoms with E-state index in [-0.39, 0.29) is 6.54 Å². The second kappa shape index (κ2) is 4.60. The third-order valence-electron chi connectivity index (χ3n) is 4.78. The molecule has 0 aromatic rings. The van der Waals surface area contributed by atoms with Gasteiger partial charge in [-0.15, -0.1) is 0 Å². The van der Waals surface area contributed by atoms with E-state index >= 15 is 0 Å². The smallest absolute Gasteiger partial charge is 0.317 e. The predicted octanol–water partition coefficient (Wildman–Crippen LogP) is 2.50. The Kier molecular flexibility index (Phi) is 3.12. The topological polar surface area (TPSA) is 40.5 Å². The molecule has 2 atom stereocenters. The van der Waals surface area contributed by atoms with Gasteiger partial charge in [-0.1, -0.05) is 12.8 Å². The average Bonchev–Trinajstić information content (AvgIpc) is 3.18. The molecule has 0 spiro atoms. The fourth-order valence-electron chi connectivity index (χ4n) is 3.62. The number of carboxylic acids is 1. The second-order valence-corrected chi connectivity index (χ2v) is 6.22. The van der Waals surface area contributed by atoms with Crippen LogP contribution in [0.25, 0.3) is 0 Å². The first-order valence-corrected chi connectivity index (χ1v) is 7.21. The highest BCUT2D eigenvalue weighted by Crippen LogP contribution is 2.45. The summed E-state index contributed by atoms with van der Waals surface area (Å²) in [6.45, 7) is 0.271. The zero-order chi connectivity index (χ0) is 11.8. The van der Waals surface area contributed by atoms with E-state index in [1.165, 1.54) is 51.4 Å². The summed E-state index contributed by atoms with van der Waals surface area (Å²) in [7, 11) is 0. The van der Waals surface area contributed by atoms with Crippen LogP contribution < -0.4 is 0 Å². The van der Waals surface area contributed by atoms with E-state index in [9.17, 15) is 4.79 Å². The van der Waals surface area contributed by atoms with Crippen LogP contribution in [-0.2, 0) is 4.79 Å². The van der Waals surface area contributed by atoms with Gasteiger partial charge in [0.15, 0.2) is 0 Å². The predicted molar refractivity (Wildman–Crippen MR) is 65.8 cm³/mol. The Balaban J connectivity index is 1.61. The lowest BCUT2D eigenvalue weighted by atomic mass is 9.82. The molecule has 3 fully saturated rings. The van der Waals surface area contributed by atoms with Gasteiger partial charge in [0.25, 0.3) is 0 Å². The fraction of sp³-hybridized carbons (Fsp3) is 0.929. The van der Waals surface area contributed by atoms with Crippen molar-refractivity contribution in [2.45, 2.75) is 63.5 Å². The van der Waals surface area contributed by atoms with Crippen molar-refractivity contribution in [3.63, 3.8) is 0 Å². The van der Waals surface area contributed by atoms with Crippen molar-refractivity contribution >= 4 is 5.97 Å². The van der Waals surface area contributed by atoms with Gasteiger partial charge in [0.1, 0.15) is 0 Å². The lowest BCUT2D eigenvalue weighted by molar-refractivity contribution is -0.139. The Labute approximate surface area is 103 Å². The van der Waals surface area contributed by atoms with Gasteiger partial charge in [0, 0.05) is 12.1 Å².